The van der Waals surface area contributed by atoms with Crippen LogP contribution in [0.4, 0.5) is 0 Å². The monoisotopic (exact) mass is 187 g/mol. The van der Waals surface area contributed by atoms with Crippen molar-refractivity contribution in [3.05, 3.63) is 24.3 Å². The van der Waals surface area contributed by atoms with Gasteiger partial charge in [0.25, 0.3) is 0 Å². The van der Waals surface area contributed by atoms with E-state index in [1.165, 1.54) is 0 Å². The second kappa shape index (κ2) is 2.63. The normalized spacial score (nSPS) is 10.9. The molecule has 14 heavy (non-hydrogen) atoms. The molecule has 1 N–H and O–H groups in total. The number of H-pyrrole nitrogens is 1. The summed E-state index contributed by atoms with van der Waals surface area (Å²) in [4.78, 5) is 0. The quantitative estimate of drug-likeness (QED) is 0.614. The molecule has 0 bridgehead atoms. The van der Waals surface area contributed by atoms with Gasteiger partial charge in [0.1, 0.15) is 0 Å². The topological polar surface area (TPSA) is 80.5 Å². The van der Waals surface area contributed by atoms with E-state index in [2.05, 4.69) is 25.8 Å². The van der Waals surface area contributed by atoms with Crippen molar-refractivity contribution in [3.8, 4) is 11.5 Å². The Morgan fingerprint density at radius 2 is 2.14 bits per heavy atom. The number of rotatable bonds is 1. The molecule has 1 aromatic carbocycles. The average molecular weight is 187 g/mol. The minimum absolute atomic E-state index is 0.440. The van der Waals surface area contributed by atoms with Crippen LogP contribution in [0.5, 0.6) is 0 Å². The zero-order chi connectivity index (χ0) is 9.38. The van der Waals surface area contributed by atoms with Crippen molar-refractivity contribution in [2.45, 2.75) is 0 Å². The number of nitrogens with zero attached hydrogens (tertiary/aromatic N) is 4. The minimum atomic E-state index is 0.440. The van der Waals surface area contributed by atoms with E-state index in [4.69, 9.17) is 4.52 Å². The van der Waals surface area contributed by atoms with Crippen molar-refractivity contribution in [1.29, 1.82) is 0 Å². The van der Waals surface area contributed by atoms with E-state index in [9.17, 15) is 0 Å². The Bertz CT molecular complexity index is 556. The highest BCUT2D eigenvalue weighted by molar-refractivity contribution is 5.89. The molecular formula is C8H5N5O. The lowest BCUT2D eigenvalue weighted by molar-refractivity contribution is 0.459. The van der Waals surface area contributed by atoms with Crippen LogP contribution in [-0.2, 0) is 0 Å². The lowest BCUT2D eigenvalue weighted by Crippen LogP contribution is -1.80. The predicted molar refractivity (Wildman–Crippen MR) is 47.2 cm³/mol. The van der Waals surface area contributed by atoms with E-state index < -0.39 is 0 Å². The molecule has 0 aliphatic heterocycles. The second-order valence-electron chi connectivity index (χ2n) is 2.76. The Hall–Kier alpha value is -2.24. The van der Waals surface area contributed by atoms with E-state index in [1.807, 2.05) is 24.3 Å². The summed E-state index contributed by atoms with van der Waals surface area (Å²) < 4.78 is 5.10. The maximum atomic E-state index is 5.10. The fourth-order valence-corrected chi connectivity index (χ4v) is 1.31. The summed E-state index contributed by atoms with van der Waals surface area (Å²) in [5.41, 5.74) is 1.32. The highest BCUT2D eigenvalue weighted by Crippen LogP contribution is 2.23. The first kappa shape index (κ1) is 7.19. The third kappa shape index (κ3) is 0.905. The molecule has 0 atom stereocenters. The van der Waals surface area contributed by atoms with Crippen LogP contribution in [0.15, 0.2) is 28.8 Å². The van der Waals surface area contributed by atoms with Crippen molar-refractivity contribution in [1.82, 2.24) is 25.8 Å². The number of aromatic nitrogens is 5. The summed E-state index contributed by atoms with van der Waals surface area (Å²) in [6, 6.07) is 7.53. The number of hydrogen-bond donors (Lipinski definition) is 1. The largest absolute Gasteiger partial charge is 0.356 e. The average Bonchev–Trinajstić information content (AvgIpc) is 2.85. The van der Waals surface area contributed by atoms with Crippen molar-refractivity contribution in [2.75, 3.05) is 0 Å². The standard InChI is InChI=1S/C8H5N5O/c1-2-4-6-5(3-1)7(11-14-6)8-9-12-13-10-8/h1-4H,(H,9,10,12,13). The fraction of sp³-hybridized carbons (Fsp3) is 0. The zero-order valence-electron chi connectivity index (χ0n) is 7.01. The molecule has 6 nitrogen and oxygen atoms in total. The molecule has 0 aliphatic carbocycles. The van der Waals surface area contributed by atoms with Gasteiger partial charge in [-0.25, -0.2) is 0 Å². The molecule has 2 heterocycles. The second-order valence-corrected chi connectivity index (χ2v) is 2.76. The lowest BCUT2D eigenvalue weighted by Gasteiger charge is -1.85. The third-order valence-corrected chi connectivity index (χ3v) is 1.93. The van der Waals surface area contributed by atoms with E-state index in [1.54, 1.807) is 0 Å². The highest BCUT2D eigenvalue weighted by Gasteiger charge is 2.12. The smallest absolute Gasteiger partial charge is 0.227 e. The Kier molecular flexibility index (Phi) is 1.35. The molecule has 3 aromatic rings. The first-order valence-electron chi connectivity index (χ1n) is 4.03. The summed E-state index contributed by atoms with van der Waals surface area (Å²) in [6.45, 7) is 0. The van der Waals surface area contributed by atoms with Crippen LogP contribution in [0, 0.1) is 0 Å². The van der Waals surface area contributed by atoms with Gasteiger partial charge in [-0.3, -0.25) is 0 Å². The summed E-state index contributed by atoms with van der Waals surface area (Å²) >= 11 is 0. The van der Waals surface area contributed by atoms with E-state index in [0.717, 1.165) is 5.39 Å². The van der Waals surface area contributed by atoms with Crippen LogP contribution < -0.4 is 0 Å². The maximum absolute atomic E-state index is 5.10. The van der Waals surface area contributed by atoms with Crippen LogP contribution in [0.1, 0.15) is 0 Å². The van der Waals surface area contributed by atoms with Gasteiger partial charge in [0.2, 0.25) is 5.82 Å². The molecule has 0 radical (unpaired) electrons. The summed E-state index contributed by atoms with van der Waals surface area (Å²) in [6.07, 6.45) is 0. The number of benzene rings is 1. The van der Waals surface area contributed by atoms with Gasteiger partial charge in [0, 0.05) is 0 Å². The van der Waals surface area contributed by atoms with Gasteiger partial charge in [-0.2, -0.15) is 5.21 Å². The van der Waals surface area contributed by atoms with Crippen LogP contribution >= 0.6 is 0 Å². The van der Waals surface area contributed by atoms with E-state index in [-0.39, 0.29) is 0 Å². The molecule has 3 rings (SSSR count). The van der Waals surface area contributed by atoms with Crippen LogP contribution in [-0.4, -0.2) is 25.8 Å². The molecule has 0 aliphatic rings. The van der Waals surface area contributed by atoms with Crippen molar-refractivity contribution in [3.63, 3.8) is 0 Å². The summed E-state index contributed by atoms with van der Waals surface area (Å²) in [5, 5.41) is 18.3. The Morgan fingerprint density at radius 3 is 3.00 bits per heavy atom. The number of hydrogen-bond acceptors (Lipinski definition) is 5. The van der Waals surface area contributed by atoms with Crippen molar-refractivity contribution < 1.29 is 4.52 Å². The van der Waals surface area contributed by atoms with Gasteiger partial charge in [0.05, 0.1) is 5.39 Å². The molecule has 0 spiro atoms. The maximum Gasteiger partial charge on any atom is 0.227 e. The fourth-order valence-electron chi connectivity index (χ4n) is 1.31. The van der Waals surface area contributed by atoms with Gasteiger partial charge >= 0.3 is 0 Å². The Morgan fingerprint density at radius 1 is 1.21 bits per heavy atom. The van der Waals surface area contributed by atoms with E-state index >= 15 is 0 Å². The Balaban J connectivity index is 2.33. The highest BCUT2D eigenvalue weighted by atomic mass is 16.5. The number of fused-ring (bicyclic) bond motifs is 1. The van der Waals surface area contributed by atoms with Gasteiger partial charge in [-0.15, -0.1) is 10.2 Å². The van der Waals surface area contributed by atoms with Crippen LogP contribution in [0.25, 0.3) is 22.5 Å². The molecule has 0 saturated carbocycles. The van der Waals surface area contributed by atoms with Gasteiger partial charge < -0.3 is 4.52 Å². The van der Waals surface area contributed by atoms with Crippen molar-refractivity contribution >= 4 is 11.0 Å². The number of nitrogens with one attached hydrogen (secondary N) is 1. The van der Waals surface area contributed by atoms with Crippen LogP contribution in [0.2, 0.25) is 0 Å². The molecule has 0 saturated heterocycles. The first-order chi connectivity index (χ1) is 6.95. The van der Waals surface area contributed by atoms with Crippen molar-refractivity contribution in [2.24, 2.45) is 0 Å². The molecule has 6 heteroatoms. The third-order valence-electron chi connectivity index (χ3n) is 1.93. The minimum Gasteiger partial charge on any atom is -0.356 e. The number of tetrazole rings is 1. The first-order valence-corrected chi connectivity index (χ1v) is 4.03. The number of para-hydroxylation sites is 1. The molecule has 0 amide bonds. The summed E-state index contributed by atoms with van der Waals surface area (Å²) in [7, 11) is 0. The van der Waals surface area contributed by atoms with Gasteiger partial charge in [-0.05, 0) is 17.3 Å². The van der Waals surface area contributed by atoms with Crippen LogP contribution in [0.3, 0.4) is 0 Å². The predicted octanol–water partition coefficient (Wildman–Crippen LogP) is 1.01. The number of aromatic amines is 1. The molecule has 0 unspecified atom stereocenters. The molecule has 0 fully saturated rings. The molecular weight excluding hydrogens is 182 g/mol. The SMILES string of the molecule is c1ccc2c(-c3nn[nH]n3)noc2c1. The molecule has 2 aromatic heterocycles. The summed E-state index contributed by atoms with van der Waals surface area (Å²) in [5.74, 6) is 0.440. The lowest BCUT2D eigenvalue weighted by atomic mass is 10.2. The molecule has 68 valence electrons. The Labute approximate surface area is 77.9 Å². The zero-order valence-corrected chi connectivity index (χ0v) is 7.01. The van der Waals surface area contributed by atoms with Gasteiger partial charge in [-0.1, -0.05) is 17.3 Å². The van der Waals surface area contributed by atoms with E-state index in [0.29, 0.717) is 17.1 Å². The van der Waals surface area contributed by atoms with Gasteiger partial charge in [0.15, 0.2) is 11.3 Å².